The lowest BCUT2D eigenvalue weighted by molar-refractivity contribution is -0.113. The van der Waals surface area contributed by atoms with Crippen LogP contribution in [0.3, 0.4) is 0 Å². The Labute approximate surface area is 205 Å². The standard InChI is InChI=1S/C25H24FN3O3S2/c1-32-18-6-4-5-16(13-18)27-21(30)14-33-25-28-23-22(19-7-2-3-8-20(19)34-23)24(31)29(25)17-11-9-15(26)10-12-17/h4-6,9-13,19-20H,2-3,7-8,14H2,1H3,(H,27,30)/t19-,20-/m0/s1. The number of benzene rings is 2. The Kier molecular flexibility index (Phi) is 6.65. The van der Waals surface area contributed by atoms with Gasteiger partial charge in [0.25, 0.3) is 5.56 Å². The molecule has 0 radical (unpaired) electrons. The molecular weight excluding hydrogens is 473 g/mol. The quantitative estimate of drug-likeness (QED) is 0.285. The molecule has 2 atom stereocenters. The summed E-state index contributed by atoms with van der Waals surface area (Å²) in [5.74, 6) is 0.326. The Morgan fingerprint density at radius 3 is 2.82 bits per heavy atom. The van der Waals surface area contributed by atoms with Gasteiger partial charge in [-0.15, -0.1) is 11.8 Å². The Morgan fingerprint density at radius 2 is 2.03 bits per heavy atom. The number of methoxy groups -OCH3 is 1. The molecule has 1 aromatic heterocycles. The van der Waals surface area contributed by atoms with E-state index in [4.69, 9.17) is 9.72 Å². The predicted octanol–water partition coefficient (Wildman–Crippen LogP) is 5.24. The second kappa shape index (κ2) is 9.84. The SMILES string of the molecule is COc1cccc(NC(=O)CSc2nc3c(c(=O)n2-c2ccc(F)cc2)[C@H]2CCCC[C@@H]2S3)c1. The molecule has 0 saturated heterocycles. The Bertz CT molecular complexity index is 1280. The zero-order valence-corrected chi connectivity index (χ0v) is 20.3. The van der Waals surface area contributed by atoms with Crippen molar-refractivity contribution in [2.24, 2.45) is 0 Å². The van der Waals surface area contributed by atoms with Crippen molar-refractivity contribution < 1.29 is 13.9 Å². The number of amides is 1. The highest BCUT2D eigenvalue weighted by atomic mass is 32.2. The zero-order valence-electron chi connectivity index (χ0n) is 18.6. The van der Waals surface area contributed by atoms with Crippen LogP contribution in [-0.2, 0) is 4.79 Å². The molecule has 1 aliphatic carbocycles. The molecule has 2 aromatic carbocycles. The molecule has 1 fully saturated rings. The number of anilines is 1. The van der Waals surface area contributed by atoms with Gasteiger partial charge >= 0.3 is 0 Å². The Hall–Kier alpha value is -2.78. The van der Waals surface area contributed by atoms with Crippen molar-refractivity contribution in [1.29, 1.82) is 0 Å². The molecule has 2 aliphatic rings. The van der Waals surface area contributed by atoms with Crippen LogP contribution in [0.5, 0.6) is 5.75 Å². The van der Waals surface area contributed by atoms with Gasteiger partial charge in [0.2, 0.25) is 5.91 Å². The Morgan fingerprint density at radius 1 is 1.24 bits per heavy atom. The molecule has 5 rings (SSSR count). The fraction of sp³-hybridized carbons (Fsp3) is 0.320. The number of ether oxygens (including phenoxy) is 1. The van der Waals surface area contributed by atoms with Crippen LogP contribution in [0, 0.1) is 5.82 Å². The summed E-state index contributed by atoms with van der Waals surface area (Å²) in [6.45, 7) is 0. The van der Waals surface area contributed by atoms with Gasteiger partial charge in [0, 0.05) is 22.9 Å². The molecule has 1 amide bonds. The summed E-state index contributed by atoms with van der Waals surface area (Å²) in [5, 5.41) is 4.44. The van der Waals surface area contributed by atoms with Crippen molar-refractivity contribution in [2.45, 2.75) is 47.0 Å². The average Bonchev–Trinajstić information content (AvgIpc) is 3.22. The number of halogens is 1. The van der Waals surface area contributed by atoms with Crippen LogP contribution in [0.25, 0.3) is 5.69 Å². The summed E-state index contributed by atoms with van der Waals surface area (Å²) >= 11 is 2.88. The van der Waals surface area contributed by atoms with Gasteiger partial charge in [0.1, 0.15) is 16.6 Å². The third kappa shape index (κ3) is 4.59. The molecule has 0 spiro atoms. The lowest BCUT2D eigenvalue weighted by atomic mass is 9.85. The number of hydrogen-bond donors (Lipinski definition) is 1. The van der Waals surface area contributed by atoms with Crippen LogP contribution in [0.4, 0.5) is 10.1 Å². The molecule has 9 heteroatoms. The van der Waals surface area contributed by atoms with Crippen molar-refractivity contribution in [3.8, 4) is 11.4 Å². The van der Waals surface area contributed by atoms with E-state index < -0.39 is 0 Å². The fourth-order valence-electron chi connectivity index (χ4n) is 4.56. The molecular formula is C25H24FN3O3S2. The number of fused-ring (bicyclic) bond motifs is 3. The summed E-state index contributed by atoms with van der Waals surface area (Å²) < 4.78 is 20.3. The summed E-state index contributed by atoms with van der Waals surface area (Å²) in [7, 11) is 1.57. The van der Waals surface area contributed by atoms with Gasteiger partial charge in [-0.25, -0.2) is 9.37 Å². The minimum absolute atomic E-state index is 0.0706. The maximum atomic E-state index is 13.7. The molecule has 2 heterocycles. The van der Waals surface area contributed by atoms with E-state index in [0.29, 0.717) is 27.5 Å². The second-order valence-corrected chi connectivity index (χ2v) is 10.5. The van der Waals surface area contributed by atoms with Crippen molar-refractivity contribution in [3.63, 3.8) is 0 Å². The molecule has 1 N–H and O–H groups in total. The minimum atomic E-state index is -0.374. The van der Waals surface area contributed by atoms with Gasteiger partial charge in [-0.2, -0.15) is 0 Å². The van der Waals surface area contributed by atoms with Crippen LogP contribution < -0.4 is 15.6 Å². The van der Waals surface area contributed by atoms with E-state index in [1.165, 1.54) is 34.9 Å². The monoisotopic (exact) mass is 497 g/mol. The van der Waals surface area contributed by atoms with Gasteiger partial charge in [0.15, 0.2) is 5.16 Å². The molecule has 1 aliphatic heterocycles. The highest BCUT2D eigenvalue weighted by Gasteiger charge is 2.39. The van der Waals surface area contributed by atoms with Crippen molar-refractivity contribution in [2.75, 3.05) is 18.2 Å². The molecule has 3 aromatic rings. The molecule has 6 nitrogen and oxygen atoms in total. The van der Waals surface area contributed by atoms with Gasteiger partial charge in [-0.3, -0.25) is 14.2 Å². The molecule has 1 saturated carbocycles. The van der Waals surface area contributed by atoms with Crippen LogP contribution in [-0.4, -0.2) is 33.6 Å². The van der Waals surface area contributed by atoms with Crippen molar-refractivity contribution in [1.82, 2.24) is 9.55 Å². The fourth-order valence-corrected chi connectivity index (χ4v) is 6.93. The van der Waals surface area contributed by atoms with Gasteiger partial charge in [0.05, 0.1) is 24.1 Å². The minimum Gasteiger partial charge on any atom is -0.497 e. The van der Waals surface area contributed by atoms with E-state index in [9.17, 15) is 14.0 Å². The predicted molar refractivity (Wildman–Crippen MR) is 133 cm³/mol. The lowest BCUT2D eigenvalue weighted by Gasteiger charge is -2.24. The van der Waals surface area contributed by atoms with E-state index in [1.54, 1.807) is 55.3 Å². The summed E-state index contributed by atoms with van der Waals surface area (Å²) in [4.78, 5) is 31.2. The van der Waals surface area contributed by atoms with E-state index in [1.807, 2.05) is 0 Å². The number of hydrogen-bond acceptors (Lipinski definition) is 6. The smallest absolute Gasteiger partial charge is 0.263 e. The van der Waals surface area contributed by atoms with Crippen molar-refractivity contribution >= 4 is 35.1 Å². The topological polar surface area (TPSA) is 73.2 Å². The van der Waals surface area contributed by atoms with E-state index in [2.05, 4.69) is 5.32 Å². The third-order valence-corrected chi connectivity index (χ3v) is 8.50. The number of rotatable bonds is 6. The number of carbonyl (C=O) groups is 1. The highest BCUT2D eigenvalue weighted by Crippen LogP contribution is 2.50. The summed E-state index contributed by atoms with van der Waals surface area (Å²) in [6, 6.07) is 12.9. The molecule has 176 valence electrons. The second-order valence-electron chi connectivity index (χ2n) is 8.35. The first kappa shape index (κ1) is 23.0. The number of nitrogens with one attached hydrogen (secondary N) is 1. The highest BCUT2D eigenvalue weighted by molar-refractivity contribution is 8.00. The number of aromatic nitrogens is 2. The van der Waals surface area contributed by atoms with E-state index in [-0.39, 0.29) is 29.0 Å². The first-order valence-electron chi connectivity index (χ1n) is 11.2. The third-order valence-electron chi connectivity index (χ3n) is 6.16. The Balaban J connectivity index is 1.45. The number of carbonyl (C=O) groups excluding carboxylic acids is 1. The largest absolute Gasteiger partial charge is 0.497 e. The average molecular weight is 498 g/mol. The van der Waals surface area contributed by atoms with E-state index in [0.717, 1.165) is 29.9 Å². The first-order valence-corrected chi connectivity index (χ1v) is 13.1. The first-order chi connectivity index (χ1) is 16.5. The molecule has 0 bridgehead atoms. The lowest BCUT2D eigenvalue weighted by Crippen LogP contribution is -2.29. The van der Waals surface area contributed by atoms with Gasteiger partial charge in [-0.05, 0) is 49.2 Å². The van der Waals surface area contributed by atoms with Crippen LogP contribution in [0.15, 0.2) is 63.5 Å². The van der Waals surface area contributed by atoms with Gasteiger partial charge < -0.3 is 10.1 Å². The van der Waals surface area contributed by atoms with Gasteiger partial charge in [-0.1, -0.05) is 30.7 Å². The zero-order chi connectivity index (χ0) is 23.7. The van der Waals surface area contributed by atoms with Crippen molar-refractivity contribution in [3.05, 3.63) is 70.3 Å². The molecule has 0 unspecified atom stereocenters. The van der Waals surface area contributed by atoms with Crippen LogP contribution in [0.1, 0.15) is 37.2 Å². The normalized spacial score (nSPS) is 18.8. The molecule has 34 heavy (non-hydrogen) atoms. The summed E-state index contributed by atoms with van der Waals surface area (Å²) in [5.41, 5.74) is 1.82. The maximum absolute atomic E-state index is 13.7. The number of nitrogens with zero attached hydrogens (tertiary/aromatic N) is 2. The van der Waals surface area contributed by atoms with Crippen LogP contribution in [0.2, 0.25) is 0 Å². The maximum Gasteiger partial charge on any atom is 0.263 e. The van der Waals surface area contributed by atoms with Crippen LogP contribution >= 0.6 is 23.5 Å². The number of thioether (sulfide) groups is 2. The van der Waals surface area contributed by atoms with E-state index >= 15 is 0 Å². The summed E-state index contributed by atoms with van der Waals surface area (Å²) in [6.07, 6.45) is 4.34.